The number of likely N-dealkylation sites (tertiary alicyclic amines) is 1. The van der Waals surface area contributed by atoms with E-state index in [2.05, 4.69) is 0 Å². The maximum absolute atomic E-state index is 14.0. The highest BCUT2D eigenvalue weighted by Gasteiger charge is 2.34. The Bertz CT molecular complexity index is 1240. The summed E-state index contributed by atoms with van der Waals surface area (Å²) < 4.78 is 17.3. The van der Waals surface area contributed by atoms with Gasteiger partial charge in [-0.3, -0.25) is 14.4 Å². The van der Waals surface area contributed by atoms with Crippen molar-refractivity contribution in [3.63, 3.8) is 0 Å². The van der Waals surface area contributed by atoms with Crippen molar-refractivity contribution in [3.05, 3.63) is 52.5 Å². The summed E-state index contributed by atoms with van der Waals surface area (Å²) >= 11 is 6.54. The maximum Gasteiger partial charge on any atom is 0.303 e. The molecule has 0 aromatic heterocycles. The molecule has 0 saturated carbocycles. The molecule has 2 aromatic carbocycles. The summed E-state index contributed by atoms with van der Waals surface area (Å²) in [4.78, 5) is 41.6. The first-order chi connectivity index (χ1) is 19.4. The van der Waals surface area contributed by atoms with Crippen molar-refractivity contribution >= 4 is 35.1 Å². The van der Waals surface area contributed by atoms with Crippen LogP contribution in [0.3, 0.4) is 0 Å². The second-order valence-corrected chi connectivity index (χ2v) is 12.0. The van der Waals surface area contributed by atoms with Crippen LogP contribution in [0, 0.1) is 11.3 Å². The number of benzene rings is 2. The lowest BCUT2D eigenvalue weighted by Gasteiger charge is -2.35. The summed E-state index contributed by atoms with van der Waals surface area (Å²) in [7, 11) is 4.66. The Kier molecular flexibility index (Phi) is 11.0. The Balaban J connectivity index is 2.02. The zero-order valence-electron chi connectivity index (χ0n) is 24.7. The van der Waals surface area contributed by atoms with Crippen LogP contribution >= 0.6 is 11.6 Å². The third-order valence-corrected chi connectivity index (χ3v) is 7.38. The van der Waals surface area contributed by atoms with Crippen molar-refractivity contribution in [1.82, 2.24) is 4.90 Å². The van der Waals surface area contributed by atoms with E-state index >= 15 is 0 Å². The first-order valence-electron chi connectivity index (χ1n) is 13.7. The SMILES string of the molecule is COc1ccccc1C(OC)c1cc(Cl)cc(OC)c1N(CC(C)(C)C)C(=O)CC(=O)N1CCC(CC(=O)O)CC1. The largest absolute Gasteiger partial charge is 0.496 e. The minimum atomic E-state index is -0.835. The highest BCUT2D eigenvalue weighted by atomic mass is 35.5. The number of hydrogen-bond donors (Lipinski definition) is 1. The van der Waals surface area contributed by atoms with Gasteiger partial charge in [-0.05, 0) is 36.3 Å². The van der Waals surface area contributed by atoms with E-state index in [-0.39, 0.29) is 36.0 Å². The number of aliphatic carboxylic acids is 1. The standard InChI is InChI=1S/C31H41ClN2O7/c1-31(2,3)19-34(27(36)18-26(35)33-13-11-20(12-14-33)15-28(37)38)29-23(16-21(32)17-25(29)40-5)30(41-6)22-9-7-8-10-24(22)39-4/h7-10,16-17,20,30H,11-15,18-19H2,1-6H3,(H,37,38). The van der Waals surface area contributed by atoms with E-state index in [4.69, 9.17) is 30.9 Å². The molecule has 0 radical (unpaired) electrons. The Morgan fingerprint density at radius 3 is 2.22 bits per heavy atom. The smallest absolute Gasteiger partial charge is 0.303 e. The number of rotatable bonds is 11. The molecule has 1 unspecified atom stereocenters. The molecule has 0 spiro atoms. The minimum absolute atomic E-state index is 0.0338. The van der Waals surface area contributed by atoms with Crippen molar-refractivity contribution in [2.45, 2.75) is 52.6 Å². The number of piperidine rings is 1. The number of hydrogen-bond acceptors (Lipinski definition) is 6. The lowest BCUT2D eigenvalue weighted by Crippen LogP contribution is -2.44. The van der Waals surface area contributed by atoms with Gasteiger partial charge in [0, 0.05) is 55.4 Å². The first kappa shape index (κ1) is 32.2. The quantitative estimate of drug-likeness (QED) is 0.342. The molecule has 1 heterocycles. The third kappa shape index (κ3) is 8.36. The predicted molar refractivity (Wildman–Crippen MR) is 158 cm³/mol. The zero-order valence-corrected chi connectivity index (χ0v) is 25.5. The average molecular weight is 589 g/mol. The Morgan fingerprint density at radius 1 is 1.02 bits per heavy atom. The topological polar surface area (TPSA) is 106 Å². The van der Waals surface area contributed by atoms with E-state index < -0.39 is 12.1 Å². The number of ether oxygens (including phenoxy) is 3. The van der Waals surface area contributed by atoms with Gasteiger partial charge < -0.3 is 29.1 Å². The Labute approximate surface area is 247 Å². The number of anilines is 1. The van der Waals surface area contributed by atoms with Gasteiger partial charge in [0.25, 0.3) is 0 Å². The number of carbonyl (C=O) groups is 3. The van der Waals surface area contributed by atoms with Gasteiger partial charge in [0.15, 0.2) is 0 Å². The number of nitrogens with zero attached hydrogens (tertiary/aromatic N) is 2. The summed E-state index contributed by atoms with van der Waals surface area (Å²) in [5.41, 5.74) is 1.48. The molecule has 1 N–H and O–H groups in total. The molecule has 41 heavy (non-hydrogen) atoms. The molecule has 0 bridgehead atoms. The summed E-state index contributed by atoms with van der Waals surface area (Å²) in [6.45, 7) is 7.19. The van der Waals surface area contributed by atoms with Gasteiger partial charge in [-0.25, -0.2) is 0 Å². The highest BCUT2D eigenvalue weighted by Crippen LogP contribution is 2.44. The number of amides is 2. The van der Waals surface area contributed by atoms with Gasteiger partial charge in [-0.2, -0.15) is 0 Å². The number of methoxy groups -OCH3 is 3. The molecule has 9 nitrogen and oxygen atoms in total. The van der Waals surface area contributed by atoms with Crippen LogP contribution in [0.1, 0.15) is 63.7 Å². The average Bonchev–Trinajstić information content (AvgIpc) is 2.91. The normalized spacial score (nSPS) is 14.9. The lowest BCUT2D eigenvalue weighted by molar-refractivity contribution is -0.138. The number of halogens is 1. The monoisotopic (exact) mass is 588 g/mol. The van der Waals surface area contributed by atoms with E-state index in [1.165, 1.54) is 7.11 Å². The second kappa shape index (κ2) is 14.0. The lowest BCUT2D eigenvalue weighted by atomic mass is 9.92. The molecular weight excluding hydrogens is 548 g/mol. The Hall–Kier alpha value is -3.30. The van der Waals surface area contributed by atoms with E-state index in [9.17, 15) is 14.4 Å². The molecule has 1 aliphatic heterocycles. The molecule has 1 atom stereocenters. The van der Waals surface area contributed by atoms with Crippen LogP contribution in [0.25, 0.3) is 0 Å². The van der Waals surface area contributed by atoms with Crippen molar-refractivity contribution in [2.24, 2.45) is 11.3 Å². The molecule has 3 rings (SSSR count). The van der Waals surface area contributed by atoms with Crippen molar-refractivity contribution < 1.29 is 33.7 Å². The fourth-order valence-corrected chi connectivity index (χ4v) is 5.50. The Morgan fingerprint density at radius 2 is 1.66 bits per heavy atom. The van der Waals surface area contributed by atoms with Gasteiger partial charge in [0.2, 0.25) is 11.8 Å². The van der Waals surface area contributed by atoms with Gasteiger partial charge in [-0.1, -0.05) is 50.6 Å². The molecule has 224 valence electrons. The molecule has 10 heteroatoms. The molecule has 2 amide bonds. The van der Waals surface area contributed by atoms with E-state index in [0.29, 0.717) is 60.2 Å². The van der Waals surface area contributed by atoms with E-state index in [1.54, 1.807) is 36.2 Å². The van der Waals surface area contributed by atoms with Gasteiger partial charge in [0.05, 0.1) is 19.9 Å². The second-order valence-electron chi connectivity index (χ2n) is 11.5. The van der Waals surface area contributed by atoms with Gasteiger partial charge >= 0.3 is 5.97 Å². The van der Waals surface area contributed by atoms with Crippen molar-refractivity contribution in [1.29, 1.82) is 0 Å². The van der Waals surface area contributed by atoms with E-state index in [0.717, 1.165) is 5.56 Å². The van der Waals surface area contributed by atoms with Crippen LogP contribution in [0.5, 0.6) is 11.5 Å². The van der Waals surface area contributed by atoms with Crippen molar-refractivity contribution in [2.75, 3.05) is 45.9 Å². The number of carboxylic acids is 1. The van der Waals surface area contributed by atoms with Crippen LogP contribution in [-0.4, -0.2) is 68.8 Å². The molecule has 1 aliphatic rings. The summed E-state index contributed by atoms with van der Waals surface area (Å²) in [5, 5.41) is 9.50. The number of carboxylic acid groups (broad SMARTS) is 1. The third-order valence-electron chi connectivity index (χ3n) is 7.17. The van der Waals surface area contributed by atoms with Crippen LogP contribution in [-0.2, 0) is 19.1 Å². The highest BCUT2D eigenvalue weighted by molar-refractivity contribution is 6.31. The maximum atomic E-state index is 14.0. The minimum Gasteiger partial charge on any atom is -0.496 e. The summed E-state index contributed by atoms with van der Waals surface area (Å²) in [6.07, 6.45) is 0.292. The molecule has 1 saturated heterocycles. The summed E-state index contributed by atoms with van der Waals surface area (Å²) in [5.74, 6) is -0.479. The van der Waals surface area contributed by atoms with Crippen LogP contribution in [0.2, 0.25) is 5.02 Å². The number of carbonyl (C=O) groups excluding carboxylic acids is 2. The first-order valence-corrected chi connectivity index (χ1v) is 14.1. The van der Waals surface area contributed by atoms with Crippen LogP contribution < -0.4 is 14.4 Å². The predicted octanol–water partition coefficient (Wildman–Crippen LogP) is 5.58. The number of para-hydroxylation sites is 1. The van der Waals surface area contributed by atoms with Gasteiger partial charge in [-0.15, -0.1) is 0 Å². The fraction of sp³-hybridized carbons (Fsp3) is 0.516. The molecule has 0 aliphatic carbocycles. The van der Waals surface area contributed by atoms with Crippen LogP contribution in [0.4, 0.5) is 5.69 Å². The fourth-order valence-electron chi connectivity index (χ4n) is 5.28. The van der Waals surface area contributed by atoms with Crippen molar-refractivity contribution in [3.8, 4) is 11.5 Å². The zero-order chi connectivity index (χ0) is 30.3. The molecule has 1 fully saturated rings. The van der Waals surface area contributed by atoms with Gasteiger partial charge in [0.1, 0.15) is 24.0 Å². The van der Waals surface area contributed by atoms with E-state index in [1.807, 2.05) is 45.0 Å². The van der Waals surface area contributed by atoms with Crippen LogP contribution in [0.15, 0.2) is 36.4 Å². The summed E-state index contributed by atoms with van der Waals surface area (Å²) in [6, 6.07) is 10.9. The molecule has 2 aromatic rings. The molecular formula is C31H41ClN2O7.